The Morgan fingerprint density at radius 1 is 1.15 bits per heavy atom. The van der Waals surface area contributed by atoms with Gasteiger partial charge in [0.25, 0.3) is 0 Å². The van der Waals surface area contributed by atoms with E-state index < -0.39 is 6.09 Å². The molecule has 0 fully saturated rings. The molecule has 5 nitrogen and oxygen atoms in total. The molecular formula is C22H25NO4. The number of amides is 1. The molecule has 1 atom stereocenters. The van der Waals surface area contributed by atoms with Crippen molar-refractivity contribution >= 4 is 6.09 Å². The number of ether oxygens (including phenoxy) is 2. The van der Waals surface area contributed by atoms with Gasteiger partial charge in [-0.05, 0) is 28.7 Å². The fraction of sp³-hybridized carbons (Fsp3) is 0.318. The minimum atomic E-state index is -0.502. The third kappa shape index (κ3) is 4.56. The number of hydrogen-bond acceptors (Lipinski definition) is 4. The van der Waals surface area contributed by atoms with Crippen LogP contribution in [0.1, 0.15) is 23.5 Å². The Kier molecular flexibility index (Phi) is 6.63. The molecule has 0 heterocycles. The Morgan fingerprint density at radius 3 is 2.37 bits per heavy atom. The van der Waals surface area contributed by atoms with Gasteiger partial charge in [-0.25, -0.2) is 4.79 Å². The van der Waals surface area contributed by atoms with Crippen LogP contribution in [-0.2, 0) is 9.47 Å². The first-order valence-corrected chi connectivity index (χ1v) is 9.15. The fourth-order valence-corrected chi connectivity index (χ4v) is 3.45. The summed E-state index contributed by atoms with van der Waals surface area (Å²) in [5.41, 5.74) is 4.73. The van der Waals surface area contributed by atoms with E-state index >= 15 is 0 Å². The number of carbonyl (C=O) groups excluding carboxylic acids is 1. The molecule has 0 spiro atoms. The maximum Gasteiger partial charge on any atom is 0.407 e. The maximum absolute atomic E-state index is 12.3. The highest BCUT2D eigenvalue weighted by Crippen LogP contribution is 2.44. The molecule has 0 saturated carbocycles. The predicted molar refractivity (Wildman–Crippen MR) is 105 cm³/mol. The molecule has 0 aromatic heterocycles. The van der Waals surface area contributed by atoms with Crippen molar-refractivity contribution in [3.8, 4) is 11.1 Å². The molecular weight excluding hydrogens is 342 g/mol. The average molecular weight is 367 g/mol. The van der Waals surface area contributed by atoms with Crippen molar-refractivity contribution < 1.29 is 19.4 Å². The first kappa shape index (κ1) is 19.1. The number of fused-ring (bicyclic) bond motifs is 3. The third-order valence-corrected chi connectivity index (χ3v) is 4.70. The number of carbonyl (C=O) groups is 1. The van der Waals surface area contributed by atoms with Gasteiger partial charge in [0, 0.05) is 12.5 Å². The van der Waals surface area contributed by atoms with E-state index in [1.807, 2.05) is 24.3 Å². The van der Waals surface area contributed by atoms with Gasteiger partial charge in [-0.2, -0.15) is 0 Å². The Morgan fingerprint density at radius 2 is 1.78 bits per heavy atom. The van der Waals surface area contributed by atoms with Crippen LogP contribution in [0.3, 0.4) is 0 Å². The van der Waals surface area contributed by atoms with Crippen LogP contribution in [0.4, 0.5) is 4.79 Å². The van der Waals surface area contributed by atoms with Crippen LogP contribution < -0.4 is 5.32 Å². The van der Waals surface area contributed by atoms with Crippen molar-refractivity contribution in [2.45, 2.75) is 18.4 Å². The second kappa shape index (κ2) is 9.35. The smallest absolute Gasteiger partial charge is 0.407 e. The number of benzene rings is 2. The predicted octanol–water partition coefficient (Wildman–Crippen LogP) is 3.48. The highest BCUT2D eigenvalue weighted by atomic mass is 16.5. The lowest BCUT2D eigenvalue weighted by Gasteiger charge is -2.19. The van der Waals surface area contributed by atoms with E-state index in [4.69, 9.17) is 14.6 Å². The normalized spacial score (nSPS) is 13.5. The summed E-state index contributed by atoms with van der Waals surface area (Å²) < 4.78 is 10.9. The Balaban J connectivity index is 1.62. The number of nitrogens with one attached hydrogen (secondary N) is 1. The van der Waals surface area contributed by atoms with Crippen molar-refractivity contribution in [2.24, 2.45) is 0 Å². The first-order valence-electron chi connectivity index (χ1n) is 9.15. The molecule has 27 heavy (non-hydrogen) atoms. The van der Waals surface area contributed by atoms with Crippen molar-refractivity contribution in [1.29, 1.82) is 0 Å². The second-order valence-corrected chi connectivity index (χ2v) is 6.51. The molecule has 5 heteroatoms. The van der Waals surface area contributed by atoms with Gasteiger partial charge in [-0.1, -0.05) is 54.6 Å². The standard InChI is InChI=1S/C22H25NO4/c1-2-13-26-14-16(11-12-24)23-22(25)27-15-21-19-9-5-3-7-17(19)18-8-4-6-10-20(18)21/h2-10,16,21,24H,1,11-15H2,(H,23,25). The van der Waals surface area contributed by atoms with Gasteiger partial charge >= 0.3 is 6.09 Å². The molecule has 0 saturated heterocycles. The molecule has 1 aliphatic rings. The van der Waals surface area contributed by atoms with Gasteiger partial charge in [-0.3, -0.25) is 0 Å². The zero-order chi connectivity index (χ0) is 19.1. The van der Waals surface area contributed by atoms with E-state index in [1.54, 1.807) is 6.08 Å². The summed E-state index contributed by atoms with van der Waals surface area (Å²) in [5.74, 6) is 0.0245. The quantitative estimate of drug-likeness (QED) is 0.526. The topological polar surface area (TPSA) is 67.8 Å². The average Bonchev–Trinajstić information content (AvgIpc) is 3.01. The zero-order valence-electron chi connectivity index (χ0n) is 15.3. The number of aliphatic hydroxyl groups is 1. The van der Waals surface area contributed by atoms with Crippen LogP contribution >= 0.6 is 0 Å². The van der Waals surface area contributed by atoms with Gasteiger partial charge in [-0.15, -0.1) is 6.58 Å². The number of alkyl carbamates (subject to hydrolysis) is 1. The monoisotopic (exact) mass is 367 g/mol. The minimum Gasteiger partial charge on any atom is -0.449 e. The van der Waals surface area contributed by atoms with Crippen LogP contribution in [0, 0.1) is 0 Å². The second-order valence-electron chi connectivity index (χ2n) is 6.51. The van der Waals surface area contributed by atoms with Crippen LogP contribution in [-0.4, -0.2) is 43.7 Å². The molecule has 0 aliphatic heterocycles. The molecule has 1 aliphatic carbocycles. The summed E-state index contributed by atoms with van der Waals surface area (Å²) >= 11 is 0. The lowest BCUT2D eigenvalue weighted by molar-refractivity contribution is 0.105. The summed E-state index contributed by atoms with van der Waals surface area (Å²) in [5, 5.41) is 11.9. The maximum atomic E-state index is 12.3. The highest BCUT2D eigenvalue weighted by molar-refractivity contribution is 5.79. The van der Waals surface area contributed by atoms with Crippen molar-refractivity contribution in [2.75, 3.05) is 26.4 Å². The fourth-order valence-electron chi connectivity index (χ4n) is 3.45. The van der Waals surface area contributed by atoms with E-state index in [-0.39, 0.29) is 25.2 Å². The van der Waals surface area contributed by atoms with Crippen LogP contribution in [0.15, 0.2) is 61.2 Å². The Bertz CT molecular complexity index is 744. The molecule has 0 radical (unpaired) electrons. The van der Waals surface area contributed by atoms with Crippen molar-refractivity contribution in [3.05, 3.63) is 72.3 Å². The Labute approximate surface area is 159 Å². The van der Waals surface area contributed by atoms with E-state index in [0.717, 1.165) is 0 Å². The summed E-state index contributed by atoms with van der Waals surface area (Å²) in [4.78, 5) is 12.3. The largest absolute Gasteiger partial charge is 0.449 e. The third-order valence-electron chi connectivity index (χ3n) is 4.70. The molecule has 142 valence electrons. The summed E-state index contributed by atoms with van der Waals surface area (Å²) in [6.07, 6.45) is 1.54. The summed E-state index contributed by atoms with van der Waals surface area (Å²) in [6, 6.07) is 16.1. The SMILES string of the molecule is C=CCOCC(CCO)NC(=O)OCC1c2ccccc2-c2ccccc21. The molecule has 2 N–H and O–H groups in total. The summed E-state index contributed by atoms with van der Waals surface area (Å²) in [7, 11) is 0. The highest BCUT2D eigenvalue weighted by Gasteiger charge is 2.29. The van der Waals surface area contributed by atoms with Gasteiger partial charge in [0.05, 0.1) is 19.3 Å². The molecule has 2 aromatic rings. The first-order chi connectivity index (χ1) is 13.2. The lowest BCUT2D eigenvalue weighted by atomic mass is 9.98. The van der Waals surface area contributed by atoms with E-state index in [2.05, 4.69) is 36.2 Å². The van der Waals surface area contributed by atoms with Crippen LogP contribution in [0.5, 0.6) is 0 Å². The lowest BCUT2D eigenvalue weighted by Crippen LogP contribution is -2.39. The molecule has 1 unspecified atom stereocenters. The van der Waals surface area contributed by atoms with Crippen LogP contribution in [0.2, 0.25) is 0 Å². The molecule has 0 bridgehead atoms. The van der Waals surface area contributed by atoms with Crippen molar-refractivity contribution in [3.63, 3.8) is 0 Å². The van der Waals surface area contributed by atoms with Gasteiger partial charge in [0.15, 0.2) is 0 Å². The molecule has 2 aromatic carbocycles. The molecule has 3 rings (SSSR count). The Hall–Kier alpha value is -2.63. The molecule has 1 amide bonds. The summed E-state index contributed by atoms with van der Waals surface area (Å²) in [6.45, 7) is 4.52. The van der Waals surface area contributed by atoms with Gasteiger partial charge in [0.1, 0.15) is 6.61 Å². The van der Waals surface area contributed by atoms with Gasteiger partial charge in [0.2, 0.25) is 0 Å². The minimum absolute atomic E-state index is 0.0245. The van der Waals surface area contributed by atoms with Gasteiger partial charge < -0.3 is 19.9 Å². The zero-order valence-corrected chi connectivity index (χ0v) is 15.3. The van der Waals surface area contributed by atoms with Crippen LogP contribution in [0.25, 0.3) is 11.1 Å². The number of rotatable bonds is 9. The number of hydrogen-bond donors (Lipinski definition) is 2. The van der Waals surface area contributed by atoms with E-state index in [9.17, 15) is 4.79 Å². The number of aliphatic hydroxyl groups excluding tert-OH is 1. The van der Waals surface area contributed by atoms with Crippen molar-refractivity contribution in [1.82, 2.24) is 5.32 Å². The van der Waals surface area contributed by atoms with E-state index in [1.165, 1.54) is 22.3 Å². The van der Waals surface area contributed by atoms with E-state index in [0.29, 0.717) is 19.6 Å².